The Morgan fingerprint density at radius 3 is 0.865 bits per heavy atom. The molecule has 0 aliphatic rings. The molecule has 558 valence electrons. The van der Waals surface area contributed by atoms with Crippen molar-refractivity contribution in [3.8, 4) is 0 Å². The summed E-state index contributed by atoms with van der Waals surface area (Å²) in [7, 11) is -9.94. The fourth-order valence-corrected chi connectivity index (χ4v) is 11.9. The highest BCUT2D eigenvalue weighted by Crippen LogP contribution is 2.45. The van der Waals surface area contributed by atoms with Gasteiger partial charge in [-0.1, -0.05) is 287 Å². The molecule has 0 heterocycles. The molecule has 0 fully saturated rings. The van der Waals surface area contributed by atoms with Gasteiger partial charge in [-0.2, -0.15) is 0 Å². The first-order valence-corrected chi connectivity index (χ1v) is 41.2. The first-order chi connectivity index (χ1) is 46.7. The van der Waals surface area contributed by atoms with Gasteiger partial charge in [0.2, 0.25) is 0 Å². The summed E-state index contributed by atoms with van der Waals surface area (Å²) in [4.78, 5) is 72.7. The van der Waals surface area contributed by atoms with E-state index in [4.69, 9.17) is 37.0 Å². The van der Waals surface area contributed by atoms with Crippen LogP contribution in [0.3, 0.4) is 0 Å². The molecule has 5 atom stereocenters. The highest BCUT2D eigenvalue weighted by Gasteiger charge is 2.30. The zero-order chi connectivity index (χ0) is 70.4. The van der Waals surface area contributed by atoms with E-state index in [0.29, 0.717) is 25.7 Å². The van der Waals surface area contributed by atoms with Gasteiger partial charge >= 0.3 is 39.5 Å². The molecule has 3 N–H and O–H groups in total. The quantitative estimate of drug-likeness (QED) is 0.0169. The largest absolute Gasteiger partial charge is 0.472 e. The zero-order valence-corrected chi connectivity index (χ0v) is 62.6. The van der Waals surface area contributed by atoms with E-state index in [0.717, 1.165) is 141 Å². The van der Waals surface area contributed by atoms with Crippen LogP contribution in [0, 0.1) is 0 Å². The van der Waals surface area contributed by atoms with Crippen LogP contribution in [0.2, 0.25) is 0 Å². The zero-order valence-electron chi connectivity index (χ0n) is 60.8. The van der Waals surface area contributed by atoms with Crippen LogP contribution in [0.5, 0.6) is 0 Å². The molecule has 5 unspecified atom stereocenters. The monoisotopic (exact) mass is 1400 g/mol. The highest BCUT2D eigenvalue weighted by molar-refractivity contribution is 7.47. The second-order valence-electron chi connectivity index (χ2n) is 25.6. The molecule has 0 aliphatic carbocycles. The molecule has 0 rings (SSSR count). The molecule has 0 aromatic carbocycles. The average Bonchev–Trinajstić information content (AvgIpc) is 1.11. The third kappa shape index (κ3) is 69.0. The van der Waals surface area contributed by atoms with Gasteiger partial charge in [-0.3, -0.25) is 37.3 Å². The lowest BCUT2D eigenvalue weighted by atomic mass is 10.0. The normalized spacial score (nSPS) is 14.4. The summed E-state index contributed by atoms with van der Waals surface area (Å²) in [5.74, 6) is -2.19. The molecule has 0 amide bonds. The molecule has 0 aromatic rings. The molecule has 0 aliphatic heterocycles. The van der Waals surface area contributed by atoms with Crippen LogP contribution >= 0.6 is 15.6 Å². The molecular formula is C77H138O17P2. The van der Waals surface area contributed by atoms with E-state index in [1.807, 2.05) is 0 Å². The predicted octanol–water partition coefficient (Wildman–Crippen LogP) is 21.7. The summed E-state index contributed by atoms with van der Waals surface area (Å²) in [6, 6.07) is 0. The number of carbonyl (C=O) groups is 4. The van der Waals surface area contributed by atoms with Crippen LogP contribution in [0.15, 0.2) is 72.9 Å². The number of esters is 4. The van der Waals surface area contributed by atoms with Gasteiger partial charge in [0.15, 0.2) is 12.2 Å². The number of phosphoric ester groups is 2. The Balaban J connectivity index is 5.31. The Kier molecular flexibility index (Phi) is 67.4. The third-order valence-corrected chi connectivity index (χ3v) is 18.1. The van der Waals surface area contributed by atoms with E-state index < -0.39 is 97.5 Å². The molecular weight excluding hydrogens is 1260 g/mol. The van der Waals surface area contributed by atoms with Crippen LogP contribution in [0.1, 0.15) is 336 Å². The molecule has 0 radical (unpaired) electrons. The van der Waals surface area contributed by atoms with Gasteiger partial charge in [-0.05, 0) is 96.3 Å². The number of rotatable bonds is 72. The van der Waals surface area contributed by atoms with Crippen LogP contribution < -0.4 is 0 Å². The van der Waals surface area contributed by atoms with Crippen molar-refractivity contribution in [2.75, 3.05) is 39.6 Å². The van der Waals surface area contributed by atoms with Gasteiger partial charge in [0.05, 0.1) is 26.4 Å². The summed E-state index contributed by atoms with van der Waals surface area (Å²) in [6.45, 7) is 4.73. The van der Waals surface area contributed by atoms with Crippen molar-refractivity contribution in [1.82, 2.24) is 0 Å². The maximum atomic E-state index is 13.1. The molecule has 0 spiro atoms. The summed E-state index contributed by atoms with van der Waals surface area (Å²) in [5, 5.41) is 10.6. The minimum absolute atomic E-state index is 0.0916. The second kappa shape index (κ2) is 70.0. The number of unbranched alkanes of at least 4 members (excludes halogenated alkanes) is 34. The van der Waals surface area contributed by atoms with Gasteiger partial charge in [0.1, 0.15) is 19.3 Å². The van der Waals surface area contributed by atoms with Gasteiger partial charge < -0.3 is 33.8 Å². The number of allylic oxidation sites excluding steroid dienone is 12. The predicted molar refractivity (Wildman–Crippen MR) is 390 cm³/mol. The smallest absolute Gasteiger partial charge is 0.462 e. The highest BCUT2D eigenvalue weighted by atomic mass is 31.2. The third-order valence-electron chi connectivity index (χ3n) is 16.2. The van der Waals surface area contributed by atoms with Crippen LogP contribution in [0.4, 0.5) is 0 Å². The molecule has 0 saturated carbocycles. The Labute approximate surface area is 583 Å². The Hall–Kier alpha value is -3.50. The van der Waals surface area contributed by atoms with Crippen molar-refractivity contribution in [1.29, 1.82) is 0 Å². The van der Waals surface area contributed by atoms with Crippen molar-refractivity contribution in [3.05, 3.63) is 72.9 Å². The summed E-state index contributed by atoms with van der Waals surface area (Å²) < 4.78 is 68.4. The van der Waals surface area contributed by atoms with Gasteiger partial charge in [-0.25, -0.2) is 9.13 Å². The number of aliphatic hydroxyl groups is 1. The molecule has 96 heavy (non-hydrogen) atoms. The van der Waals surface area contributed by atoms with Crippen molar-refractivity contribution in [3.63, 3.8) is 0 Å². The summed E-state index contributed by atoms with van der Waals surface area (Å²) >= 11 is 0. The maximum Gasteiger partial charge on any atom is 0.472 e. The molecule has 0 saturated heterocycles. The Bertz CT molecular complexity index is 2110. The molecule has 17 nitrogen and oxygen atoms in total. The fraction of sp³-hybridized carbons (Fsp3) is 0.792. The standard InChI is InChI=1S/C77H138O17P2/c1-5-9-13-17-21-25-29-32-33-34-35-36-37-40-43-46-50-54-58-62-75(80)88-67-72(93-76(81)63-59-55-51-47-41-28-24-20-16-12-8-4)69-91-95(83,84)89-65-71(78)66-90-96(85,86)92-70-73(94-77(82)64-60-56-52-48-44-39-31-27-23-19-15-11-7-3)68-87-74(79)61-57-53-49-45-42-38-30-26-22-18-14-10-6-2/h9,13,21,25-26,30,32-33,35-36,40,43,71-73,78H,5-8,10-12,14-20,22-24,27-29,31,34,37-39,41-42,44-70H2,1-4H3,(H,83,84)(H,85,86)/b13-9-,25-21-,30-26-,33-32-,36-35-,43-40-. The van der Waals surface area contributed by atoms with E-state index in [9.17, 15) is 43.2 Å². The number of ether oxygens (including phenoxy) is 4. The Morgan fingerprint density at radius 1 is 0.302 bits per heavy atom. The van der Waals surface area contributed by atoms with E-state index in [1.165, 1.54) is 116 Å². The van der Waals surface area contributed by atoms with E-state index in [1.54, 1.807) is 0 Å². The Morgan fingerprint density at radius 2 is 0.542 bits per heavy atom. The minimum Gasteiger partial charge on any atom is -0.462 e. The van der Waals surface area contributed by atoms with Crippen LogP contribution in [-0.4, -0.2) is 96.7 Å². The van der Waals surface area contributed by atoms with Gasteiger partial charge in [0, 0.05) is 25.7 Å². The van der Waals surface area contributed by atoms with Crippen molar-refractivity contribution >= 4 is 39.5 Å². The van der Waals surface area contributed by atoms with Crippen LogP contribution in [-0.2, 0) is 65.4 Å². The summed E-state index contributed by atoms with van der Waals surface area (Å²) in [6.07, 6.45) is 69.0. The van der Waals surface area contributed by atoms with Crippen molar-refractivity contribution in [2.45, 2.75) is 354 Å². The molecule has 0 bridgehead atoms. The fourth-order valence-electron chi connectivity index (χ4n) is 10.4. The molecule has 19 heteroatoms. The second-order valence-corrected chi connectivity index (χ2v) is 28.5. The van der Waals surface area contributed by atoms with Crippen molar-refractivity contribution in [2.24, 2.45) is 0 Å². The topological polar surface area (TPSA) is 237 Å². The van der Waals surface area contributed by atoms with E-state index >= 15 is 0 Å². The number of aliphatic hydroxyl groups excluding tert-OH is 1. The van der Waals surface area contributed by atoms with Gasteiger partial charge in [0.25, 0.3) is 0 Å². The number of hydrogen-bond acceptors (Lipinski definition) is 15. The molecule has 0 aromatic heterocycles. The van der Waals surface area contributed by atoms with E-state index in [-0.39, 0.29) is 25.7 Å². The number of hydrogen-bond donors (Lipinski definition) is 3. The summed E-state index contributed by atoms with van der Waals surface area (Å²) in [5.41, 5.74) is 0. The minimum atomic E-state index is -4.97. The van der Waals surface area contributed by atoms with Crippen LogP contribution in [0.25, 0.3) is 0 Å². The first kappa shape index (κ1) is 92.5. The lowest BCUT2D eigenvalue weighted by Gasteiger charge is -2.21. The maximum absolute atomic E-state index is 13.1. The number of carbonyl (C=O) groups excluding carboxylic acids is 4. The lowest BCUT2D eigenvalue weighted by molar-refractivity contribution is -0.161. The van der Waals surface area contributed by atoms with Crippen molar-refractivity contribution < 1.29 is 80.2 Å². The van der Waals surface area contributed by atoms with Gasteiger partial charge in [-0.15, -0.1) is 0 Å². The SMILES string of the molecule is CC/C=C\C/C=C\C/C=C\C/C=C\C/C=C\CCCCCC(=O)OCC(COP(=O)(O)OCC(O)COP(=O)(O)OCC(COC(=O)CCCCCCC/C=C\CCCCCC)OC(=O)CCCCCCCCCCCCCCC)OC(=O)CCCCCCCCCCCCC. The first-order valence-electron chi connectivity index (χ1n) is 38.2. The average molecular weight is 1400 g/mol. The van der Waals surface area contributed by atoms with E-state index in [2.05, 4.69) is 101 Å². The number of phosphoric acid groups is 2. The lowest BCUT2D eigenvalue weighted by Crippen LogP contribution is -2.30.